The molecule has 1 fully saturated rings. The molecule has 0 spiro atoms. The first-order valence-corrected chi connectivity index (χ1v) is 11.7. The summed E-state index contributed by atoms with van der Waals surface area (Å²) in [4.78, 5) is 0. The van der Waals surface area contributed by atoms with Crippen LogP contribution in [0.2, 0.25) is 15.4 Å². The van der Waals surface area contributed by atoms with Crippen molar-refractivity contribution in [1.82, 2.24) is 0 Å². The Bertz CT molecular complexity index is 755. The maximum absolute atomic E-state index is 2.51. The monoisotopic (exact) mass is 454 g/mol. The van der Waals surface area contributed by atoms with Gasteiger partial charge in [0.05, 0.1) is 0 Å². The van der Waals surface area contributed by atoms with Crippen LogP contribution in [-0.4, -0.2) is 8.07 Å². The van der Waals surface area contributed by atoms with E-state index in [4.69, 9.17) is 0 Å². The van der Waals surface area contributed by atoms with Crippen molar-refractivity contribution in [3.05, 3.63) is 84.5 Å². The Morgan fingerprint density at radius 2 is 1.31 bits per heavy atom. The summed E-state index contributed by atoms with van der Waals surface area (Å²) >= 11 is 2.51. The van der Waals surface area contributed by atoms with Crippen LogP contribution in [0.4, 0.5) is 0 Å². The minimum atomic E-state index is -1.60. The molecule has 2 aliphatic rings. The molecule has 0 aromatic heterocycles. The van der Waals surface area contributed by atoms with E-state index in [-0.39, 0.29) is 40.6 Å². The third-order valence-corrected chi connectivity index (χ3v) is 14.4. The summed E-state index contributed by atoms with van der Waals surface area (Å²) < 4.78 is 0.214. The summed E-state index contributed by atoms with van der Waals surface area (Å²) in [5.41, 5.74) is 2.94. The predicted molar refractivity (Wildman–Crippen MR) is 96.9 cm³/mol. The zero-order valence-electron chi connectivity index (χ0n) is 14.5. The van der Waals surface area contributed by atoms with Gasteiger partial charge < -0.3 is 37.2 Å². The van der Waals surface area contributed by atoms with Crippen LogP contribution in [0, 0.1) is 0 Å². The molecule has 1 unspecified atom stereocenters. The van der Waals surface area contributed by atoms with Crippen molar-refractivity contribution in [2.24, 2.45) is 0 Å². The van der Waals surface area contributed by atoms with Gasteiger partial charge in [0.1, 0.15) is 0 Å². The van der Waals surface area contributed by atoms with Crippen LogP contribution in [0.25, 0.3) is 5.57 Å². The molecule has 0 radical (unpaired) electrons. The average Bonchev–Trinajstić information content (AvgIpc) is 3.25. The molecule has 0 N–H and O–H groups in total. The maximum atomic E-state index is 2.51. The Hall–Kier alpha value is -0.279. The van der Waals surface area contributed by atoms with E-state index in [0.717, 1.165) is 0 Å². The summed E-state index contributed by atoms with van der Waals surface area (Å²) in [6.07, 6.45) is 9.97. The van der Waals surface area contributed by atoms with Crippen LogP contribution in [-0.2, 0) is 20.4 Å². The SMILES string of the molecule is [Cl-].[Cl-].[Cl-].[Ti+3][C]1([Si]2(c3ccccc3)CCCC2)C=CC=C1c1ccccc1. The number of halogens is 3. The van der Waals surface area contributed by atoms with Gasteiger partial charge in [0.25, 0.3) is 0 Å². The van der Waals surface area contributed by atoms with E-state index in [9.17, 15) is 0 Å². The molecule has 134 valence electrons. The first kappa shape index (κ1) is 23.8. The third-order valence-electron chi connectivity index (χ3n) is 5.66. The summed E-state index contributed by atoms with van der Waals surface area (Å²) in [6, 6.07) is 25.3. The molecule has 2 aromatic rings. The zero-order valence-corrected chi connectivity index (χ0v) is 19.3. The Labute approximate surface area is 188 Å². The van der Waals surface area contributed by atoms with Gasteiger partial charge in [0.2, 0.25) is 0 Å². The van der Waals surface area contributed by atoms with Gasteiger partial charge in [-0.05, 0) is 0 Å². The van der Waals surface area contributed by atoms with E-state index in [1.165, 1.54) is 36.1 Å². The van der Waals surface area contributed by atoms with E-state index in [1.54, 1.807) is 5.19 Å². The van der Waals surface area contributed by atoms with Crippen LogP contribution < -0.4 is 42.4 Å². The van der Waals surface area contributed by atoms with Crippen molar-refractivity contribution in [3.8, 4) is 0 Å². The second-order valence-corrected chi connectivity index (χ2v) is 13.3. The Morgan fingerprint density at radius 1 is 0.769 bits per heavy atom. The van der Waals surface area contributed by atoms with Gasteiger partial charge in [-0.2, -0.15) is 0 Å². The summed E-state index contributed by atoms with van der Waals surface area (Å²) in [5, 5.41) is 1.65. The molecular formula is C21H21Cl3SiTi. The molecule has 1 atom stereocenters. The molecule has 5 heteroatoms. The van der Waals surface area contributed by atoms with Crippen molar-refractivity contribution < 1.29 is 57.7 Å². The zero-order chi connectivity index (χ0) is 15.8. The second-order valence-electron chi connectivity index (χ2n) is 6.77. The quantitative estimate of drug-likeness (QED) is 0.415. The van der Waals surface area contributed by atoms with Crippen molar-refractivity contribution in [1.29, 1.82) is 0 Å². The van der Waals surface area contributed by atoms with E-state index >= 15 is 0 Å². The van der Waals surface area contributed by atoms with Gasteiger partial charge in [-0.15, -0.1) is 0 Å². The number of rotatable bonds is 3. The fourth-order valence-electron chi connectivity index (χ4n) is 4.52. The van der Waals surface area contributed by atoms with Crippen LogP contribution in [0.3, 0.4) is 0 Å². The molecule has 2 aromatic carbocycles. The molecule has 4 rings (SSSR count). The number of allylic oxidation sites excluding steroid dienone is 4. The molecule has 0 saturated carbocycles. The van der Waals surface area contributed by atoms with Crippen LogP contribution >= 0.6 is 0 Å². The van der Waals surface area contributed by atoms with Gasteiger partial charge >= 0.3 is 152 Å². The molecule has 1 aliphatic heterocycles. The van der Waals surface area contributed by atoms with E-state index in [2.05, 4.69) is 99.3 Å². The summed E-state index contributed by atoms with van der Waals surface area (Å²) in [7, 11) is -1.60. The molecule has 0 bridgehead atoms. The van der Waals surface area contributed by atoms with Gasteiger partial charge in [-0.3, -0.25) is 0 Å². The third kappa shape index (κ3) is 3.81. The normalized spacial score (nSPS) is 22.6. The summed E-state index contributed by atoms with van der Waals surface area (Å²) in [5.74, 6) is 0. The molecular weight excluding hydrogens is 435 g/mol. The van der Waals surface area contributed by atoms with Gasteiger partial charge in [-0.1, -0.05) is 0 Å². The molecule has 1 heterocycles. The fourth-order valence-corrected chi connectivity index (χ4v) is 12.6. The van der Waals surface area contributed by atoms with Gasteiger partial charge in [0, 0.05) is 0 Å². The van der Waals surface area contributed by atoms with E-state index < -0.39 is 8.07 Å². The van der Waals surface area contributed by atoms with Crippen LogP contribution in [0.5, 0.6) is 0 Å². The first-order chi connectivity index (χ1) is 11.3. The number of hydrogen-bond acceptors (Lipinski definition) is 0. The van der Waals surface area contributed by atoms with E-state index in [1.807, 2.05) is 0 Å². The Morgan fingerprint density at radius 3 is 1.88 bits per heavy atom. The number of benzene rings is 2. The predicted octanol–water partition coefficient (Wildman–Crippen LogP) is -3.95. The standard InChI is InChI=1S/C21H21Si.3ClH.Ti/c1-3-10-18(11-4-1)20-14-9-15-21(20)22(16-7-8-17-22)19-12-5-2-6-13-19;;;;/h1-6,9-15H,7-8,16-17H2;3*1H;/q;;;;+3/p-3. The first-order valence-electron chi connectivity index (χ1n) is 8.52. The van der Waals surface area contributed by atoms with Crippen molar-refractivity contribution in [2.45, 2.75) is 28.3 Å². The Kier molecular flexibility index (Phi) is 8.93. The van der Waals surface area contributed by atoms with Gasteiger partial charge in [-0.25, -0.2) is 0 Å². The molecule has 0 nitrogen and oxygen atoms in total. The van der Waals surface area contributed by atoms with Crippen LogP contribution in [0.15, 0.2) is 78.9 Å². The fraction of sp³-hybridized carbons (Fsp3) is 0.238. The Balaban J connectivity index is 0.00000113. The number of hydrogen-bond donors (Lipinski definition) is 0. The van der Waals surface area contributed by atoms with Crippen LogP contribution in [0.1, 0.15) is 18.4 Å². The van der Waals surface area contributed by atoms with Crippen molar-refractivity contribution in [2.75, 3.05) is 0 Å². The molecule has 0 amide bonds. The molecule has 1 aliphatic carbocycles. The second kappa shape index (κ2) is 9.78. The van der Waals surface area contributed by atoms with E-state index in [0.29, 0.717) is 0 Å². The van der Waals surface area contributed by atoms with Crippen molar-refractivity contribution >= 4 is 18.8 Å². The molecule has 26 heavy (non-hydrogen) atoms. The van der Waals surface area contributed by atoms with Gasteiger partial charge in [0.15, 0.2) is 0 Å². The topological polar surface area (TPSA) is 0 Å². The summed E-state index contributed by atoms with van der Waals surface area (Å²) in [6.45, 7) is 0. The average molecular weight is 456 g/mol. The minimum absolute atomic E-state index is 0. The molecule has 1 saturated heterocycles. The van der Waals surface area contributed by atoms with Crippen molar-refractivity contribution in [3.63, 3.8) is 0 Å².